The van der Waals surface area contributed by atoms with Crippen molar-refractivity contribution in [1.82, 2.24) is 0 Å². The summed E-state index contributed by atoms with van der Waals surface area (Å²) in [5, 5.41) is 2.40. The van der Waals surface area contributed by atoms with Crippen molar-refractivity contribution in [3.8, 4) is 5.75 Å². The second kappa shape index (κ2) is 6.34. The molecule has 7 heteroatoms. The molecule has 1 N–H and O–H groups in total. The largest absolute Gasteiger partial charge is 0.493 e. The number of anilines is 1. The third-order valence-electron chi connectivity index (χ3n) is 2.90. The van der Waals surface area contributed by atoms with Gasteiger partial charge in [0.2, 0.25) is 0 Å². The summed E-state index contributed by atoms with van der Waals surface area (Å²) in [6, 6.07) is 3.38. The topological polar surface area (TPSA) is 47.6 Å². The molecule has 4 nitrogen and oxygen atoms in total. The molecule has 1 amide bonds. The molecule has 0 aliphatic carbocycles. The monoisotopic (exact) mass is 305 g/mol. The highest BCUT2D eigenvalue weighted by Gasteiger charge is 2.35. The van der Waals surface area contributed by atoms with E-state index in [9.17, 15) is 18.0 Å². The van der Waals surface area contributed by atoms with Crippen LogP contribution in [0.3, 0.4) is 0 Å². The van der Waals surface area contributed by atoms with Gasteiger partial charge in [0.1, 0.15) is 11.4 Å². The molecule has 1 aromatic carbocycles. The number of amides is 1. The second-order valence-electron chi connectivity index (χ2n) is 4.81. The predicted molar refractivity (Wildman–Crippen MR) is 72.3 cm³/mol. The van der Waals surface area contributed by atoms with Crippen molar-refractivity contribution in [2.24, 2.45) is 0 Å². The molecule has 0 heterocycles. The van der Waals surface area contributed by atoms with E-state index in [0.29, 0.717) is 0 Å². The maximum Gasteiger partial charge on any atom is 0.420 e. The lowest BCUT2D eigenvalue weighted by Gasteiger charge is -2.22. The number of rotatable bonds is 5. The van der Waals surface area contributed by atoms with Gasteiger partial charge in [0.15, 0.2) is 0 Å². The first-order valence-corrected chi connectivity index (χ1v) is 6.32. The molecule has 0 aromatic heterocycles. The minimum atomic E-state index is -4.57. The molecular formula is C14H18F3NO3. The second-order valence-corrected chi connectivity index (χ2v) is 4.81. The van der Waals surface area contributed by atoms with Crippen LogP contribution in [0.5, 0.6) is 5.75 Å². The van der Waals surface area contributed by atoms with E-state index in [1.807, 2.05) is 0 Å². The SMILES string of the molecule is CCOc1ccc(NC(=O)C(C)(C)OC)cc1C(F)(F)F. The Balaban J connectivity index is 3.09. The van der Waals surface area contributed by atoms with Crippen LogP contribution in [0.4, 0.5) is 18.9 Å². The molecule has 0 aliphatic heterocycles. The third kappa shape index (κ3) is 4.35. The molecule has 0 saturated carbocycles. The first-order valence-electron chi connectivity index (χ1n) is 6.32. The van der Waals surface area contributed by atoms with E-state index in [0.717, 1.165) is 6.07 Å². The normalized spacial score (nSPS) is 12.1. The maximum absolute atomic E-state index is 13.0. The molecule has 1 aromatic rings. The van der Waals surface area contributed by atoms with Crippen LogP contribution in [0.15, 0.2) is 18.2 Å². The van der Waals surface area contributed by atoms with E-state index in [-0.39, 0.29) is 18.0 Å². The zero-order valence-corrected chi connectivity index (χ0v) is 12.3. The molecule has 118 valence electrons. The van der Waals surface area contributed by atoms with Gasteiger partial charge in [-0.05, 0) is 39.0 Å². The summed E-state index contributed by atoms with van der Waals surface area (Å²) in [4.78, 5) is 11.9. The standard InChI is InChI=1S/C14H18F3NO3/c1-5-21-11-7-6-9(8-10(11)14(15,16)17)18-12(19)13(2,3)20-4/h6-8H,5H2,1-4H3,(H,18,19). The van der Waals surface area contributed by atoms with Gasteiger partial charge in [0, 0.05) is 12.8 Å². The van der Waals surface area contributed by atoms with E-state index >= 15 is 0 Å². The van der Waals surface area contributed by atoms with Crippen molar-refractivity contribution in [1.29, 1.82) is 0 Å². The average molecular weight is 305 g/mol. The van der Waals surface area contributed by atoms with E-state index in [4.69, 9.17) is 9.47 Å². The Hall–Kier alpha value is -1.76. The highest BCUT2D eigenvalue weighted by molar-refractivity contribution is 5.96. The summed E-state index contributed by atoms with van der Waals surface area (Å²) >= 11 is 0. The Kier molecular flexibility index (Phi) is 5.22. The van der Waals surface area contributed by atoms with Crippen molar-refractivity contribution < 1.29 is 27.4 Å². The van der Waals surface area contributed by atoms with Crippen LogP contribution in [0.1, 0.15) is 26.3 Å². The fourth-order valence-corrected chi connectivity index (χ4v) is 1.48. The van der Waals surface area contributed by atoms with E-state index in [1.165, 1.54) is 33.1 Å². The number of halogens is 3. The van der Waals surface area contributed by atoms with Gasteiger partial charge in [-0.25, -0.2) is 0 Å². The summed E-state index contributed by atoms with van der Waals surface area (Å²) < 4.78 is 48.8. The minimum absolute atomic E-state index is 0.0286. The Morgan fingerprint density at radius 1 is 1.29 bits per heavy atom. The highest BCUT2D eigenvalue weighted by Crippen LogP contribution is 2.38. The zero-order valence-electron chi connectivity index (χ0n) is 12.3. The number of alkyl halides is 3. The predicted octanol–water partition coefficient (Wildman–Crippen LogP) is 3.47. The molecule has 0 aliphatic rings. The number of methoxy groups -OCH3 is 1. The number of hydrogen-bond acceptors (Lipinski definition) is 3. The Labute approximate surface area is 121 Å². The van der Waals surface area contributed by atoms with E-state index < -0.39 is 23.2 Å². The number of benzene rings is 1. The van der Waals surface area contributed by atoms with Crippen molar-refractivity contribution in [2.45, 2.75) is 32.5 Å². The van der Waals surface area contributed by atoms with Gasteiger partial charge in [0.25, 0.3) is 5.91 Å². The van der Waals surface area contributed by atoms with Gasteiger partial charge in [-0.1, -0.05) is 0 Å². The fraction of sp³-hybridized carbons (Fsp3) is 0.500. The smallest absolute Gasteiger partial charge is 0.420 e. The minimum Gasteiger partial charge on any atom is -0.493 e. The summed E-state index contributed by atoms with van der Waals surface area (Å²) in [5.74, 6) is -0.809. The van der Waals surface area contributed by atoms with Crippen molar-refractivity contribution >= 4 is 11.6 Å². The van der Waals surface area contributed by atoms with Crippen LogP contribution in [-0.4, -0.2) is 25.2 Å². The van der Waals surface area contributed by atoms with E-state index in [1.54, 1.807) is 6.92 Å². The number of nitrogens with one attached hydrogen (secondary N) is 1. The number of carbonyl (C=O) groups is 1. The molecule has 0 saturated heterocycles. The lowest BCUT2D eigenvalue weighted by Crippen LogP contribution is -2.38. The van der Waals surface area contributed by atoms with Gasteiger partial charge in [-0.2, -0.15) is 13.2 Å². The van der Waals surface area contributed by atoms with Crippen LogP contribution in [0.2, 0.25) is 0 Å². The van der Waals surface area contributed by atoms with Gasteiger partial charge < -0.3 is 14.8 Å². The van der Waals surface area contributed by atoms with Gasteiger partial charge >= 0.3 is 6.18 Å². The van der Waals surface area contributed by atoms with Crippen molar-refractivity contribution in [3.63, 3.8) is 0 Å². The zero-order chi connectivity index (χ0) is 16.3. The molecular weight excluding hydrogens is 287 g/mol. The molecule has 0 radical (unpaired) electrons. The van der Waals surface area contributed by atoms with Crippen LogP contribution in [-0.2, 0) is 15.7 Å². The number of ether oxygens (including phenoxy) is 2. The molecule has 21 heavy (non-hydrogen) atoms. The number of hydrogen-bond donors (Lipinski definition) is 1. The summed E-state index contributed by atoms with van der Waals surface area (Å²) in [6.45, 7) is 4.74. The summed E-state index contributed by atoms with van der Waals surface area (Å²) in [6.07, 6.45) is -4.57. The van der Waals surface area contributed by atoms with Crippen LogP contribution in [0.25, 0.3) is 0 Å². The quantitative estimate of drug-likeness (QED) is 0.906. The lowest BCUT2D eigenvalue weighted by molar-refractivity contribution is -0.139. The van der Waals surface area contributed by atoms with Crippen molar-refractivity contribution in [3.05, 3.63) is 23.8 Å². The molecule has 0 atom stereocenters. The fourth-order valence-electron chi connectivity index (χ4n) is 1.48. The maximum atomic E-state index is 13.0. The first-order chi connectivity index (χ1) is 9.61. The summed E-state index contributed by atoms with van der Waals surface area (Å²) in [5.41, 5.74) is -2.05. The highest BCUT2D eigenvalue weighted by atomic mass is 19.4. The Morgan fingerprint density at radius 3 is 2.38 bits per heavy atom. The van der Waals surface area contributed by atoms with Gasteiger partial charge in [0.05, 0.1) is 12.2 Å². The van der Waals surface area contributed by atoms with Crippen LogP contribution in [0, 0.1) is 0 Å². The van der Waals surface area contributed by atoms with Crippen molar-refractivity contribution in [2.75, 3.05) is 19.0 Å². The summed E-state index contributed by atoms with van der Waals surface area (Å²) in [7, 11) is 1.35. The third-order valence-corrected chi connectivity index (χ3v) is 2.90. The Bertz CT molecular complexity index is 513. The van der Waals surface area contributed by atoms with Crippen LogP contribution >= 0.6 is 0 Å². The number of carbonyl (C=O) groups excluding carboxylic acids is 1. The first kappa shape index (κ1) is 17.3. The average Bonchev–Trinajstić information content (AvgIpc) is 2.39. The van der Waals surface area contributed by atoms with E-state index in [2.05, 4.69) is 5.32 Å². The molecule has 0 bridgehead atoms. The van der Waals surface area contributed by atoms with Gasteiger partial charge in [-0.15, -0.1) is 0 Å². The van der Waals surface area contributed by atoms with Crippen LogP contribution < -0.4 is 10.1 Å². The van der Waals surface area contributed by atoms with Gasteiger partial charge in [-0.3, -0.25) is 4.79 Å². The molecule has 0 unspecified atom stereocenters. The molecule has 0 spiro atoms. The lowest BCUT2D eigenvalue weighted by atomic mass is 10.1. The molecule has 1 rings (SSSR count). The Morgan fingerprint density at radius 2 is 1.90 bits per heavy atom. The molecule has 0 fully saturated rings.